The van der Waals surface area contributed by atoms with Crippen molar-refractivity contribution in [2.24, 2.45) is 5.92 Å². The summed E-state index contributed by atoms with van der Waals surface area (Å²) in [6.07, 6.45) is 10.7. The number of benzene rings is 1. The van der Waals surface area contributed by atoms with Gasteiger partial charge in [0.2, 0.25) is 5.91 Å². The number of piperidine rings is 1. The fourth-order valence-corrected chi connectivity index (χ4v) is 4.07. The molecule has 1 unspecified atom stereocenters. The van der Waals surface area contributed by atoms with Crippen LogP contribution in [0.1, 0.15) is 63.9 Å². The lowest BCUT2D eigenvalue weighted by molar-refractivity contribution is -0.140. The molecule has 5 heteroatoms. The molecule has 0 radical (unpaired) electrons. The predicted molar refractivity (Wildman–Crippen MR) is 119 cm³/mol. The van der Waals surface area contributed by atoms with Crippen molar-refractivity contribution in [1.29, 1.82) is 0 Å². The zero-order valence-electron chi connectivity index (χ0n) is 18.5. The second-order valence-corrected chi connectivity index (χ2v) is 8.40. The third-order valence-electron chi connectivity index (χ3n) is 5.86. The maximum Gasteiger partial charge on any atom is 0.305 e. The van der Waals surface area contributed by atoms with E-state index in [1.807, 2.05) is 47.4 Å². The second kappa shape index (κ2) is 13.2. The molecule has 3 atom stereocenters. The molecule has 2 rings (SSSR count). The third-order valence-corrected chi connectivity index (χ3v) is 5.86. The number of methoxy groups -OCH3 is 1. The molecule has 0 aromatic heterocycles. The van der Waals surface area contributed by atoms with Crippen LogP contribution in [0.15, 0.2) is 42.5 Å². The van der Waals surface area contributed by atoms with Crippen molar-refractivity contribution in [3.05, 3.63) is 48.0 Å². The van der Waals surface area contributed by atoms with Crippen molar-refractivity contribution in [3.63, 3.8) is 0 Å². The van der Waals surface area contributed by atoms with Gasteiger partial charge in [-0.2, -0.15) is 0 Å². The predicted octanol–water partition coefficient (Wildman–Crippen LogP) is 4.29. The first-order chi connectivity index (χ1) is 14.5. The van der Waals surface area contributed by atoms with Crippen LogP contribution in [0.4, 0.5) is 0 Å². The quantitative estimate of drug-likeness (QED) is 0.409. The Labute approximate surface area is 181 Å². The van der Waals surface area contributed by atoms with Crippen LogP contribution in [-0.4, -0.2) is 47.7 Å². The number of aliphatic hydroxyl groups is 1. The van der Waals surface area contributed by atoms with Crippen LogP contribution in [0.2, 0.25) is 0 Å². The molecule has 1 aliphatic heterocycles. The van der Waals surface area contributed by atoms with E-state index in [9.17, 15) is 14.7 Å². The summed E-state index contributed by atoms with van der Waals surface area (Å²) < 4.78 is 4.68. The Balaban J connectivity index is 1.78. The first-order valence-corrected chi connectivity index (χ1v) is 11.3. The summed E-state index contributed by atoms with van der Waals surface area (Å²) in [6, 6.07) is 10.0. The van der Waals surface area contributed by atoms with Crippen molar-refractivity contribution in [2.75, 3.05) is 13.7 Å². The Kier molecular flexibility index (Phi) is 10.6. The average Bonchev–Trinajstić information content (AvgIpc) is 2.74. The normalized spacial score (nSPS) is 19.1. The molecule has 5 nitrogen and oxygen atoms in total. The molecule has 1 aromatic carbocycles. The second-order valence-electron chi connectivity index (χ2n) is 8.40. The van der Waals surface area contributed by atoms with Gasteiger partial charge in [0.1, 0.15) is 0 Å². The summed E-state index contributed by atoms with van der Waals surface area (Å²) in [7, 11) is 1.42. The number of nitrogens with zero attached hydrogens (tertiary/aromatic N) is 1. The topological polar surface area (TPSA) is 66.8 Å². The van der Waals surface area contributed by atoms with E-state index in [1.54, 1.807) is 0 Å². The molecule has 1 amide bonds. The van der Waals surface area contributed by atoms with Crippen LogP contribution in [0.3, 0.4) is 0 Å². The van der Waals surface area contributed by atoms with Gasteiger partial charge in [-0.25, -0.2) is 0 Å². The Hall–Kier alpha value is -2.14. The van der Waals surface area contributed by atoms with Crippen molar-refractivity contribution in [1.82, 2.24) is 4.90 Å². The lowest BCUT2D eigenvalue weighted by Crippen LogP contribution is -2.43. The van der Waals surface area contributed by atoms with Crippen molar-refractivity contribution in [2.45, 2.75) is 76.9 Å². The average molecular weight is 416 g/mol. The molecule has 0 saturated carbocycles. The maximum atomic E-state index is 12.5. The number of hydrogen-bond donors (Lipinski definition) is 1. The van der Waals surface area contributed by atoms with Crippen molar-refractivity contribution >= 4 is 11.9 Å². The van der Waals surface area contributed by atoms with E-state index < -0.39 is 6.10 Å². The SMILES string of the molecule is COC(=O)CCC[C@@H](C)CCCN1C(=O)CCC[C@@H]1/C=C/C(O)Cc1ccccc1. The standard InChI is InChI=1S/C25H37NO4/c1-20(9-6-15-25(29)30-2)10-8-18-26-22(13-7-14-24(26)28)16-17-23(27)19-21-11-4-3-5-12-21/h3-5,11-12,16-17,20,22-23,27H,6-10,13-15,18-19H2,1-2H3/b17-16+/t20-,22-,23?/m1/s1. The highest BCUT2D eigenvalue weighted by Gasteiger charge is 2.26. The lowest BCUT2D eigenvalue weighted by Gasteiger charge is -2.34. The lowest BCUT2D eigenvalue weighted by atomic mass is 9.96. The minimum atomic E-state index is -0.541. The van der Waals surface area contributed by atoms with Crippen LogP contribution in [-0.2, 0) is 20.7 Å². The summed E-state index contributed by atoms with van der Waals surface area (Å²) in [6.45, 7) is 2.95. The van der Waals surface area contributed by atoms with Crippen LogP contribution in [0, 0.1) is 5.92 Å². The van der Waals surface area contributed by atoms with Gasteiger partial charge in [-0.3, -0.25) is 9.59 Å². The number of aliphatic hydroxyl groups excluding tert-OH is 1. The molecule has 166 valence electrons. The highest BCUT2D eigenvalue weighted by molar-refractivity contribution is 5.77. The molecule has 30 heavy (non-hydrogen) atoms. The summed E-state index contributed by atoms with van der Waals surface area (Å²) in [5, 5.41) is 10.4. The monoisotopic (exact) mass is 415 g/mol. The first-order valence-electron chi connectivity index (χ1n) is 11.3. The number of amides is 1. The fourth-order valence-electron chi connectivity index (χ4n) is 4.07. The van der Waals surface area contributed by atoms with E-state index in [0.29, 0.717) is 25.2 Å². The third kappa shape index (κ3) is 8.70. The molecule has 1 heterocycles. The molecule has 1 aromatic rings. The minimum absolute atomic E-state index is 0.0753. The Morgan fingerprint density at radius 1 is 1.27 bits per heavy atom. The van der Waals surface area contributed by atoms with Gasteiger partial charge in [0, 0.05) is 25.8 Å². The highest BCUT2D eigenvalue weighted by Crippen LogP contribution is 2.22. The summed E-state index contributed by atoms with van der Waals surface area (Å²) in [5.74, 6) is 0.591. The van der Waals surface area contributed by atoms with Gasteiger partial charge in [-0.1, -0.05) is 55.8 Å². The molecular formula is C25H37NO4. The molecule has 1 aliphatic rings. The molecule has 1 N–H and O–H groups in total. The van der Waals surface area contributed by atoms with E-state index in [2.05, 4.69) is 11.7 Å². The Morgan fingerprint density at radius 3 is 2.73 bits per heavy atom. The van der Waals surface area contributed by atoms with Gasteiger partial charge in [-0.05, 0) is 43.6 Å². The fraction of sp³-hybridized carbons (Fsp3) is 0.600. The number of ether oxygens (including phenoxy) is 1. The molecular weight excluding hydrogens is 378 g/mol. The summed E-state index contributed by atoms with van der Waals surface area (Å²) >= 11 is 0. The van der Waals surface area contributed by atoms with Gasteiger partial charge < -0.3 is 14.7 Å². The largest absolute Gasteiger partial charge is 0.469 e. The highest BCUT2D eigenvalue weighted by atomic mass is 16.5. The van der Waals surface area contributed by atoms with E-state index in [1.165, 1.54) is 7.11 Å². The summed E-state index contributed by atoms with van der Waals surface area (Å²) in [5.41, 5.74) is 1.10. The van der Waals surface area contributed by atoms with E-state index in [0.717, 1.165) is 50.6 Å². The minimum Gasteiger partial charge on any atom is -0.469 e. The van der Waals surface area contributed by atoms with Crippen LogP contribution in [0.5, 0.6) is 0 Å². The van der Waals surface area contributed by atoms with E-state index >= 15 is 0 Å². The zero-order valence-corrected chi connectivity index (χ0v) is 18.5. The van der Waals surface area contributed by atoms with Crippen LogP contribution >= 0.6 is 0 Å². The van der Waals surface area contributed by atoms with Crippen molar-refractivity contribution < 1.29 is 19.4 Å². The van der Waals surface area contributed by atoms with Gasteiger partial charge in [0.05, 0.1) is 19.3 Å². The molecule has 1 fully saturated rings. The zero-order chi connectivity index (χ0) is 21.8. The maximum absolute atomic E-state index is 12.5. The molecule has 0 bridgehead atoms. The number of hydrogen-bond acceptors (Lipinski definition) is 4. The van der Waals surface area contributed by atoms with Crippen molar-refractivity contribution in [3.8, 4) is 0 Å². The Morgan fingerprint density at radius 2 is 2.00 bits per heavy atom. The van der Waals surface area contributed by atoms with E-state index in [-0.39, 0.29) is 17.9 Å². The number of likely N-dealkylation sites (tertiary alicyclic amines) is 1. The molecule has 0 spiro atoms. The summed E-state index contributed by atoms with van der Waals surface area (Å²) in [4.78, 5) is 25.7. The van der Waals surface area contributed by atoms with Gasteiger partial charge in [-0.15, -0.1) is 0 Å². The van der Waals surface area contributed by atoms with Gasteiger partial charge in [0.15, 0.2) is 0 Å². The number of esters is 1. The van der Waals surface area contributed by atoms with Gasteiger partial charge in [0.25, 0.3) is 0 Å². The number of carbonyl (C=O) groups is 2. The number of carbonyl (C=O) groups excluding carboxylic acids is 2. The van der Waals surface area contributed by atoms with Crippen LogP contribution < -0.4 is 0 Å². The smallest absolute Gasteiger partial charge is 0.305 e. The number of rotatable bonds is 12. The molecule has 0 aliphatic carbocycles. The van der Waals surface area contributed by atoms with E-state index in [4.69, 9.17) is 0 Å². The van der Waals surface area contributed by atoms with Gasteiger partial charge >= 0.3 is 5.97 Å². The Bertz CT molecular complexity index is 673. The molecule has 1 saturated heterocycles. The van der Waals surface area contributed by atoms with Crippen LogP contribution in [0.25, 0.3) is 0 Å². The first kappa shape index (κ1) is 24.1.